The molecule has 0 saturated carbocycles. The zero-order chi connectivity index (χ0) is 15.9. The number of aryl methyl sites for hydroxylation is 1. The highest BCUT2D eigenvalue weighted by molar-refractivity contribution is 7.89. The fourth-order valence-electron chi connectivity index (χ4n) is 2.44. The van der Waals surface area contributed by atoms with Gasteiger partial charge in [-0.2, -0.15) is 5.10 Å². The average Bonchev–Trinajstić information content (AvgIpc) is 3.06. The summed E-state index contributed by atoms with van der Waals surface area (Å²) in [4.78, 5) is 4.15. The first-order valence-corrected chi connectivity index (χ1v) is 8.25. The van der Waals surface area contributed by atoms with Crippen molar-refractivity contribution >= 4 is 10.0 Å². The fourth-order valence-corrected chi connectivity index (χ4v) is 2.98. The highest BCUT2D eigenvalue weighted by Crippen LogP contribution is 2.27. The normalized spacial score (nSPS) is 18.8. The molecule has 1 aromatic carbocycles. The first kappa shape index (κ1) is 15.1. The topological polar surface area (TPSA) is 100 Å². The molecule has 1 aliphatic heterocycles. The Labute approximate surface area is 127 Å². The third-order valence-electron chi connectivity index (χ3n) is 3.51. The van der Waals surface area contributed by atoms with Crippen molar-refractivity contribution in [2.75, 3.05) is 13.2 Å². The maximum Gasteiger partial charge on any atom is 0.238 e. The molecule has 7 nitrogen and oxygen atoms in total. The predicted molar refractivity (Wildman–Crippen MR) is 75.6 cm³/mol. The lowest BCUT2D eigenvalue weighted by Crippen LogP contribution is -2.15. The van der Waals surface area contributed by atoms with Gasteiger partial charge in [0.15, 0.2) is 0 Å². The molecule has 22 heavy (non-hydrogen) atoms. The van der Waals surface area contributed by atoms with E-state index in [-0.39, 0.29) is 16.5 Å². The summed E-state index contributed by atoms with van der Waals surface area (Å²) in [5.41, 5.74) is 0.00836. The van der Waals surface area contributed by atoms with Gasteiger partial charge in [0.05, 0.1) is 11.5 Å². The molecule has 2 aromatic rings. The maximum absolute atomic E-state index is 14.2. The molecule has 1 fully saturated rings. The molecule has 9 heteroatoms. The van der Waals surface area contributed by atoms with Crippen molar-refractivity contribution in [3.8, 4) is 5.69 Å². The monoisotopic (exact) mass is 326 g/mol. The molecule has 1 aliphatic rings. The van der Waals surface area contributed by atoms with E-state index in [2.05, 4.69) is 10.1 Å². The number of hydrogen-bond acceptors (Lipinski definition) is 5. The molecule has 0 radical (unpaired) electrons. The van der Waals surface area contributed by atoms with E-state index in [0.717, 1.165) is 24.6 Å². The van der Waals surface area contributed by atoms with Gasteiger partial charge in [-0.1, -0.05) is 0 Å². The number of ether oxygens (including phenoxy) is 1. The van der Waals surface area contributed by atoms with Crippen LogP contribution in [-0.4, -0.2) is 36.4 Å². The van der Waals surface area contributed by atoms with Gasteiger partial charge in [0, 0.05) is 12.5 Å². The van der Waals surface area contributed by atoms with E-state index in [1.807, 2.05) is 0 Å². The maximum atomic E-state index is 14.2. The van der Waals surface area contributed by atoms with Gasteiger partial charge in [0.2, 0.25) is 10.0 Å². The number of benzene rings is 1. The van der Waals surface area contributed by atoms with Crippen molar-refractivity contribution in [3.63, 3.8) is 0 Å². The van der Waals surface area contributed by atoms with Gasteiger partial charge >= 0.3 is 0 Å². The molecule has 1 aromatic heterocycles. The highest BCUT2D eigenvalue weighted by atomic mass is 32.2. The Balaban J connectivity index is 2.15. The summed E-state index contributed by atoms with van der Waals surface area (Å²) in [6.45, 7) is 2.78. The van der Waals surface area contributed by atoms with E-state index in [0.29, 0.717) is 24.9 Å². The van der Waals surface area contributed by atoms with Crippen LogP contribution in [0.1, 0.15) is 24.0 Å². The van der Waals surface area contributed by atoms with Crippen LogP contribution in [0.5, 0.6) is 0 Å². The molecule has 3 rings (SSSR count). The Bertz CT molecular complexity index is 813. The van der Waals surface area contributed by atoms with E-state index in [4.69, 9.17) is 9.88 Å². The van der Waals surface area contributed by atoms with Crippen LogP contribution in [0.25, 0.3) is 5.69 Å². The van der Waals surface area contributed by atoms with Crippen molar-refractivity contribution in [2.24, 2.45) is 5.14 Å². The number of halogens is 1. The largest absolute Gasteiger partial charge is 0.381 e. The highest BCUT2D eigenvalue weighted by Gasteiger charge is 2.26. The van der Waals surface area contributed by atoms with Gasteiger partial charge in [-0.15, -0.1) is 0 Å². The molecule has 1 atom stereocenters. The Morgan fingerprint density at radius 2 is 2.23 bits per heavy atom. The number of rotatable bonds is 3. The molecule has 0 amide bonds. The summed E-state index contributed by atoms with van der Waals surface area (Å²) in [5.74, 6) is 0.430. The zero-order valence-corrected chi connectivity index (χ0v) is 12.7. The Morgan fingerprint density at radius 1 is 1.45 bits per heavy atom. The lowest BCUT2D eigenvalue weighted by molar-refractivity contribution is 0.193. The summed E-state index contributed by atoms with van der Waals surface area (Å²) < 4.78 is 43.8. The van der Waals surface area contributed by atoms with Crippen LogP contribution in [0.3, 0.4) is 0 Å². The molecular weight excluding hydrogens is 311 g/mol. The van der Waals surface area contributed by atoms with Gasteiger partial charge in [0.1, 0.15) is 23.2 Å². The van der Waals surface area contributed by atoms with Crippen molar-refractivity contribution < 1.29 is 17.5 Å². The molecule has 2 heterocycles. The van der Waals surface area contributed by atoms with E-state index in [1.54, 1.807) is 6.92 Å². The van der Waals surface area contributed by atoms with Crippen molar-refractivity contribution in [1.82, 2.24) is 14.8 Å². The van der Waals surface area contributed by atoms with Gasteiger partial charge in [-0.25, -0.2) is 27.6 Å². The van der Waals surface area contributed by atoms with Crippen molar-refractivity contribution in [2.45, 2.75) is 24.2 Å². The number of aromatic nitrogens is 3. The summed E-state index contributed by atoms with van der Waals surface area (Å²) >= 11 is 0. The molecule has 0 spiro atoms. The van der Waals surface area contributed by atoms with E-state index >= 15 is 0 Å². The number of nitrogens with zero attached hydrogens (tertiary/aromatic N) is 3. The van der Waals surface area contributed by atoms with Gasteiger partial charge in [-0.05, 0) is 31.5 Å². The second-order valence-corrected chi connectivity index (χ2v) is 6.71. The molecule has 1 saturated heterocycles. The average molecular weight is 326 g/mol. The first-order valence-electron chi connectivity index (χ1n) is 6.70. The molecule has 0 bridgehead atoms. The smallest absolute Gasteiger partial charge is 0.238 e. The van der Waals surface area contributed by atoms with Crippen LogP contribution in [-0.2, 0) is 14.8 Å². The third-order valence-corrected chi connectivity index (χ3v) is 4.42. The van der Waals surface area contributed by atoms with Gasteiger partial charge in [-0.3, -0.25) is 0 Å². The minimum absolute atomic E-state index is 0.00117. The second kappa shape index (κ2) is 5.41. The molecule has 118 valence electrons. The van der Waals surface area contributed by atoms with Gasteiger partial charge in [0.25, 0.3) is 0 Å². The minimum Gasteiger partial charge on any atom is -0.381 e. The van der Waals surface area contributed by atoms with E-state index in [1.165, 1.54) is 4.68 Å². The van der Waals surface area contributed by atoms with E-state index < -0.39 is 15.8 Å². The van der Waals surface area contributed by atoms with Crippen LogP contribution >= 0.6 is 0 Å². The molecule has 2 N–H and O–H groups in total. The minimum atomic E-state index is -3.93. The molecule has 0 unspecified atom stereocenters. The molecular formula is C13H15FN4O3S. The number of nitrogens with two attached hydrogens (primary N) is 1. The van der Waals surface area contributed by atoms with E-state index in [9.17, 15) is 12.8 Å². The van der Waals surface area contributed by atoms with Crippen molar-refractivity contribution in [1.29, 1.82) is 0 Å². The van der Waals surface area contributed by atoms with Gasteiger partial charge < -0.3 is 4.74 Å². The summed E-state index contributed by atoms with van der Waals surface area (Å²) in [6.07, 6.45) is 0.759. The lowest BCUT2D eigenvalue weighted by atomic mass is 10.1. The second-order valence-electron chi connectivity index (χ2n) is 5.15. The van der Waals surface area contributed by atoms with Crippen LogP contribution in [0.4, 0.5) is 4.39 Å². The number of hydrogen-bond donors (Lipinski definition) is 1. The number of primary sulfonamides is 1. The SMILES string of the molecule is Cc1nc([C@H]2CCOC2)n(-c2cc(S(N)(=O)=O)ccc2F)n1. The fraction of sp³-hybridized carbons (Fsp3) is 0.385. The Kier molecular flexibility index (Phi) is 3.71. The summed E-state index contributed by atoms with van der Waals surface area (Å²) in [7, 11) is -3.93. The zero-order valence-electron chi connectivity index (χ0n) is 11.9. The summed E-state index contributed by atoms with van der Waals surface area (Å²) in [5, 5.41) is 9.29. The summed E-state index contributed by atoms with van der Waals surface area (Å²) in [6, 6.07) is 3.34. The standard InChI is InChI=1S/C13H15FN4O3S/c1-8-16-13(9-4-5-21-7-9)18(17-8)12-6-10(22(15,19)20)2-3-11(12)14/h2-3,6,9H,4-5,7H2,1H3,(H2,15,19,20)/t9-/m0/s1. The molecule has 0 aliphatic carbocycles. The Hall–Kier alpha value is -1.84. The quantitative estimate of drug-likeness (QED) is 0.902. The van der Waals surface area contributed by atoms with Crippen LogP contribution in [0.15, 0.2) is 23.1 Å². The van der Waals surface area contributed by atoms with Crippen LogP contribution < -0.4 is 5.14 Å². The van der Waals surface area contributed by atoms with Crippen LogP contribution in [0, 0.1) is 12.7 Å². The first-order chi connectivity index (χ1) is 10.4. The predicted octanol–water partition coefficient (Wildman–Crippen LogP) is 0.866. The van der Waals surface area contributed by atoms with Crippen LogP contribution in [0.2, 0.25) is 0 Å². The Morgan fingerprint density at radius 3 is 2.86 bits per heavy atom. The van der Waals surface area contributed by atoms with Crippen molar-refractivity contribution in [3.05, 3.63) is 35.7 Å². The third kappa shape index (κ3) is 2.74. The lowest BCUT2D eigenvalue weighted by Gasteiger charge is -2.11. The number of sulfonamides is 1.